The SMILES string of the molecule is C\C=C/C(C#N)=C(Cl)\C=C\C. The molecule has 0 spiro atoms. The second-order valence-corrected chi connectivity index (χ2v) is 2.28. The fourth-order valence-corrected chi connectivity index (χ4v) is 0.804. The van der Waals surface area contributed by atoms with Crippen LogP contribution < -0.4 is 0 Å². The molecule has 0 heterocycles. The largest absolute Gasteiger partial charge is 0.192 e. The molecule has 0 aliphatic carbocycles. The third-order valence-corrected chi connectivity index (χ3v) is 1.35. The second kappa shape index (κ2) is 5.76. The van der Waals surface area contributed by atoms with E-state index in [1.807, 2.05) is 19.9 Å². The highest BCUT2D eigenvalue weighted by Crippen LogP contribution is 2.11. The molecule has 0 atom stereocenters. The molecule has 0 aromatic rings. The molecule has 58 valence electrons. The van der Waals surface area contributed by atoms with Gasteiger partial charge in [-0.2, -0.15) is 5.26 Å². The van der Waals surface area contributed by atoms with Gasteiger partial charge in [-0.05, 0) is 26.0 Å². The Bertz CT molecular complexity index is 241. The number of nitrogens with zero attached hydrogens (tertiary/aromatic N) is 1. The summed E-state index contributed by atoms with van der Waals surface area (Å²) in [7, 11) is 0. The molecule has 0 fully saturated rings. The van der Waals surface area contributed by atoms with Gasteiger partial charge in [0.1, 0.15) is 6.07 Å². The minimum Gasteiger partial charge on any atom is -0.192 e. The van der Waals surface area contributed by atoms with Crippen LogP contribution in [0, 0.1) is 11.3 Å². The summed E-state index contributed by atoms with van der Waals surface area (Å²) in [4.78, 5) is 0. The molecule has 0 N–H and O–H groups in total. The highest BCUT2D eigenvalue weighted by molar-refractivity contribution is 6.32. The Balaban J connectivity index is 4.71. The lowest BCUT2D eigenvalue weighted by Gasteiger charge is -1.89. The molecule has 11 heavy (non-hydrogen) atoms. The van der Waals surface area contributed by atoms with Gasteiger partial charge < -0.3 is 0 Å². The first-order valence-electron chi connectivity index (χ1n) is 3.31. The zero-order chi connectivity index (χ0) is 8.69. The van der Waals surface area contributed by atoms with Crippen molar-refractivity contribution in [3.05, 3.63) is 34.9 Å². The number of hydrogen-bond donors (Lipinski definition) is 0. The summed E-state index contributed by atoms with van der Waals surface area (Å²) in [6.07, 6.45) is 6.95. The van der Waals surface area contributed by atoms with Crippen LogP contribution in [0.5, 0.6) is 0 Å². The van der Waals surface area contributed by atoms with Gasteiger partial charge in [0.25, 0.3) is 0 Å². The van der Waals surface area contributed by atoms with Crippen molar-refractivity contribution in [2.75, 3.05) is 0 Å². The zero-order valence-electron chi connectivity index (χ0n) is 6.63. The van der Waals surface area contributed by atoms with E-state index in [2.05, 4.69) is 0 Å². The summed E-state index contributed by atoms with van der Waals surface area (Å²) >= 11 is 5.74. The van der Waals surface area contributed by atoms with Crippen LogP contribution in [0.1, 0.15) is 13.8 Å². The lowest BCUT2D eigenvalue weighted by atomic mass is 10.2. The first kappa shape index (κ1) is 10.0. The van der Waals surface area contributed by atoms with Crippen LogP contribution in [0.15, 0.2) is 34.9 Å². The van der Waals surface area contributed by atoms with Gasteiger partial charge in [-0.25, -0.2) is 0 Å². The molecule has 0 saturated heterocycles. The van der Waals surface area contributed by atoms with Gasteiger partial charge in [-0.15, -0.1) is 0 Å². The van der Waals surface area contributed by atoms with Crippen molar-refractivity contribution in [3.63, 3.8) is 0 Å². The summed E-state index contributed by atoms with van der Waals surface area (Å²) in [6, 6.07) is 2.00. The quantitative estimate of drug-likeness (QED) is 0.458. The van der Waals surface area contributed by atoms with Crippen LogP contribution in [0.25, 0.3) is 0 Å². The Morgan fingerprint density at radius 2 is 1.82 bits per heavy atom. The molecular formula is C9H10ClN. The van der Waals surface area contributed by atoms with E-state index in [-0.39, 0.29) is 0 Å². The number of halogens is 1. The van der Waals surface area contributed by atoms with Gasteiger partial charge in [0.05, 0.1) is 10.6 Å². The third-order valence-electron chi connectivity index (χ3n) is 1.02. The molecule has 0 aromatic heterocycles. The zero-order valence-corrected chi connectivity index (χ0v) is 7.39. The highest BCUT2D eigenvalue weighted by atomic mass is 35.5. The van der Waals surface area contributed by atoms with Crippen molar-refractivity contribution in [3.8, 4) is 6.07 Å². The normalized spacial score (nSPS) is 13.6. The van der Waals surface area contributed by atoms with Gasteiger partial charge in [-0.1, -0.05) is 23.8 Å². The molecule has 0 bridgehead atoms. The Kier molecular flexibility index (Phi) is 5.24. The molecular weight excluding hydrogens is 158 g/mol. The summed E-state index contributed by atoms with van der Waals surface area (Å²) < 4.78 is 0. The fraction of sp³-hybridized carbons (Fsp3) is 0.222. The molecule has 0 radical (unpaired) electrons. The van der Waals surface area contributed by atoms with Gasteiger partial charge in [0.15, 0.2) is 0 Å². The van der Waals surface area contributed by atoms with E-state index in [1.54, 1.807) is 24.3 Å². The van der Waals surface area contributed by atoms with Gasteiger partial charge >= 0.3 is 0 Å². The van der Waals surface area contributed by atoms with Crippen molar-refractivity contribution >= 4 is 11.6 Å². The molecule has 0 amide bonds. The molecule has 0 unspecified atom stereocenters. The summed E-state index contributed by atoms with van der Waals surface area (Å²) in [5, 5.41) is 9.06. The average Bonchev–Trinajstić information content (AvgIpc) is 2.00. The highest BCUT2D eigenvalue weighted by Gasteiger charge is 1.93. The van der Waals surface area contributed by atoms with Crippen LogP contribution in [-0.4, -0.2) is 0 Å². The third kappa shape index (κ3) is 3.64. The number of hydrogen-bond acceptors (Lipinski definition) is 1. The molecule has 2 heteroatoms. The maximum atomic E-state index is 8.58. The Labute approximate surface area is 72.3 Å². The lowest BCUT2D eigenvalue weighted by Crippen LogP contribution is -1.74. The lowest BCUT2D eigenvalue weighted by molar-refractivity contribution is 1.48. The van der Waals surface area contributed by atoms with Crippen LogP contribution in [0.4, 0.5) is 0 Å². The van der Waals surface area contributed by atoms with Gasteiger partial charge in [0.2, 0.25) is 0 Å². The van der Waals surface area contributed by atoms with E-state index >= 15 is 0 Å². The van der Waals surface area contributed by atoms with Gasteiger partial charge in [-0.3, -0.25) is 0 Å². The van der Waals surface area contributed by atoms with E-state index in [9.17, 15) is 0 Å². The maximum absolute atomic E-state index is 8.58. The Morgan fingerprint density at radius 1 is 1.27 bits per heavy atom. The van der Waals surface area contributed by atoms with Gasteiger partial charge in [0, 0.05) is 0 Å². The Hall–Kier alpha value is -1.000. The minimum atomic E-state index is 0.480. The number of nitriles is 1. The smallest absolute Gasteiger partial charge is 0.101 e. The summed E-state index contributed by atoms with van der Waals surface area (Å²) in [5.41, 5.74) is 0.493. The van der Waals surface area contributed by atoms with E-state index in [0.29, 0.717) is 10.6 Å². The predicted molar refractivity (Wildman–Crippen MR) is 48.1 cm³/mol. The van der Waals surface area contributed by atoms with Crippen LogP contribution in [0.3, 0.4) is 0 Å². The van der Waals surface area contributed by atoms with Crippen LogP contribution in [-0.2, 0) is 0 Å². The first-order valence-corrected chi connectivity index (χ1v) is 3.69. The number of rotatable bonds is 2. The standard InChI is InChI=1S/C9H10ClN/c1-3-5-8(7-11)9(10)6-4-2/h3-6H,1-2H3/b5-3-,6-4+,9-8-. The van der Waals surface area contributed by atoms with Crippen molar-refractivity contribution in [1.82, 2.24) is 0 Å². The first-order chi connectivity index (χ1) is 5.26. The van der Waals surface area contributed by atoms with Crippen molar-refractivity contribution in [2.45, 2.75) is 13.8 Å². The van der Waals surface area contributed by atoms with Crippen molar-refractivity contribution < 1.29 is 0 Å². The topological polar surface area (TPSA) is 23.8 Å². The fourth-order valence-electron chi connectivity index (χ4n) is 0.573. The van der Waals surface area contributed by atoms with Crippen LogP contribution >= 0.6 is 11.6 Å². The average molecular weight is 168 g/mol. The molecule has 0 aromatic carbocycles. The van der Waals surface area contributed by atoms with Crippen LogP contribution in [0.2, 0.25) is 0 Å². The number of allylic oxidation sites excluding steroid dienone is 6. The molecule has 0 saturated carbocycles. The maximum Gasteiger partial charge on any atom is 0.101 e. The Morgan fingerprint density at radius 3 is 2.18 bits per heavy atom. The minimum absolute atomic E-state index is 0.480. The second-order valence-electron chi connectivity index (χ2n) is 1.87. The van der Waals surface area contributed by atoms with Crippen molar-refractivity contribution in [1.29, 1.82) is 5.26 Å². The predicted octanol–water partition coefficient (Wildman–Crippen LogP) is 3.16. The molecule has 0 aliphatic rings. The van der Waals surface area contributed by atoms with E-state index in [4.69, 9.17) is 16.9 Å². The molecule has 0 rings (SSSR count). The van der Waals surface area contributed by atoms with E-state index in [0.717, 1.165) is 0 Å². The van der Waals surface area contributed by atoms with Crippen molar-refractivity contribution in [2.24, 2.45) is 0 Å². The summed E-state index contributed by atoms with van der Waals surface area (Å²) in [6.45, 7) is 3.70. The molecule has 0 aliphatic heterocycles. The van der Waals surface area contributed by atoms with E-state index in [1.165, 1.54) is 0 Å². The summed E-state index contributed by atoms with van der Waals surface area (Å²) in [5.74, 6) is 0. The van der Waals surface area contributed by atoms with E-state index < -0.39 is 0 Å². The molecule has 1 nitrogen and oxygen atoms in total. The monoisotopic (exact) mass is 167 g/mol.